The first-order valence-electron chi connectivity index (χ1n) is 8.69. The zero-order chi connectivity index (χ0) is 21.3. The molecule has 30 heavy (non-hydrogen) atoms. The first kappa shape index (κ1) is 19.9. The van der Waals surface area contributed by atoms with Crippen LogP contribution >= 0.6 is 23.2 Å². The monoisotopic (exact) mass is 443 g/mol. The maximum atomic E-state index is 12.8. The SMILES string of the molecule is COc1cc(OC)c(Cl)c(-c2ccc(C(=O)Nc3cnc[nH]3)c3nccnc23)c1Cl. The topological polar surface area (TPSA) is 102 Å². The van der Waals surface area contributed by atoms with Crippen molar-refractivity contribution in [3.8, 4) is 22.6 Å². The number of hydrogen-bond donors (Lipinski definition) is 2. The van der Waals surface area contributed by atoms with Crippen molar-refractivity contribution in [1.82, 2.24) is 19.9 Å². The summed E-state index contributed by atoms with van der Waals surface area (Å²) in [4.78, 5) is 28.3. The summed E-state index contributed by atoms with van der Waals surface area (Å²) in [6.07, 6.45) is 6.01. The van der Waals surface area contributed by atoms with Crippen LogP contribution in [0.5, 0.6) is 11.5 Å². The lowest BCUT2D eigenvalue weighted by atomic mass is 9.99. The van der Waals surface area contributed by atoms with Crippen LogP contribution in [0, 0.1) is 0 Å². The quantitative estimate of drug-likeness (QED) is 0.467. The third kappa shape index (κ3) is 3.40. The van der Waals surface area contributed by atoms with E-state index in [1.54, 1.807) is 18.2 Å². The Morgan fingerprint density at radius 3 is 2.30 bits per heavy atom. The average Bonchev–Trinajstić information content (AvgIpc) is 3.27. The van der Waals surface area contributed by atoms with Crippen LogP contribution in [0.25, 0.3) is 22.2 Å². The number of amides is 1. The Balaban J connectivity index is 1.92. The van der Waals surface area contributed by atoms with Gasteiger partial charge in [-0.1, -0.05) is 29.3 Å². The zero-order valence-electron chi connectivity index (χ0n) is 15.9. The normalized spacial score (nSPS) is 10.8. The van der Waals surface area contributed by atoms with E-state index in [-0.39, 0.29) is 5.91 Å². The molecule has 0 aliphatic carbocycles. The van der Waals surface area contributed by atoms with Crippen molar-refractivity contribution in [2.75, 3.05) is 19.5 Å². The number of methoxy groups -OCH3 is 2. The number of aromatic amines is 1. The number of fused-ring (bicyclic) bond motifs is 1. The van der Waals surface area contributed by atoms with Crippen LogP contribution in [0.3, 0.4) is 0 Å². The number of benzene rings is 2. The van der Waals surface area contributed by atoms with Gasteiger partial charge in [0.2, 0.25) is 0 Å². The van der Waals surface area contributed by atoms with Gasteiger partial charge >= 0.3 is 0 Å². The number of carbonyl (C=O) groups excluding carboxylic acids is 1. The first-order chi connectivity index (χ1) is 14.5. The number of halogens is 2. The molecule has 0 aliphatic heterocycles. The lowest BCUT2D eigenvalue weighted by Crippen LogP contribution is -2.13. The molecule has 10 heteroatoms. The molecule has 2 aromatic carbocycles. The minimum Gasteiger partial charge on any atom is -0.495 e. The number of anilines is 1. The van der Waals surface area contributed by atoms with Gasteiger partial charge in [0, 0.05) is 29.6 Å². The number of imidazole rings is 1. The van der Waals surface area contributed by atoms with Gasteiger partial charge in [0.05, 0.1) is 47.9 Å². The van der Waals surface area contributed by atoms with Crippen LogP contribution in [0.2, 0.25) is 10.0 Å². The maximum absolute atomic E-state index is 12.8. The number of hydrogen-bond acceptors (Lipinski definition) is 6. The number of H-pyrrole nitrogens is 1. The highest BCUT2D eigenvalue weighted by Gasteiger charge is 2.23. The van der Waals surface area contributed by atoms with E-state index >= 15 is 0 Å². The molecule has 0 spiro atoms. The van der Waals surface area contributed by atoms with E-state index in [9.17, 15) is 4.79 Å². The van der Waals surface area contributed by atoms with Crippen molar-refractivity contribution in [2.45, 2.75) is 0 Å². The van der Waals surface area contributed by atoms with E-state index in [0.29, 0.717) is 55.1 Å². The molecule has 152 valence electrons. The van der Waals surface area contributed by atoms with Crippen molar-refractivity contribution in [3.63, 3.8) is 0 Å². The van der Waals surface area contributed by atoms with Gasteiger partial charge in [-0.15, -0.1) is 0 Å². The highest BCUT2D eigenvalue weighted by atomic mass is 35.5. The fourth-order valence-electron chi connectivity index (χ4n) is 3.08. The molecule has 0 fully saturated rings. The summed E-state index contributed by atoms with van der Waals surface area (Å²) in [5, 5.41) is 3.32. The van der Waals surface area contributed by atoms with Gasteiger partial charge in [0.15, 0.2) is 0 Å². The van der Waals surface area contributed by atoms with E-state index in [2.05, 4.69) is 25.3 Å². The van der Waals surface area contributed by atoms with Crippen LogP contribution in [-0.2, 0) is 0 Å². The maximum Gasteiger partial charge on any atom is 0.259 e. The van der Waals surface area contributed by atoms with Crippen LogP contribution in [0.4, 0.5) is 5.82 Å². The van der Waals surface area contributed by atoms with Crippen molar-refractivity contribution >= 4 is 46.0 Å². The minimum absolute atomic E-state index is 0.296. The summed E-state index contributed by atoms with van der Waals surface area (Å²) < 4.78 is 10.7. The van der Waals surface area contributed by atoms with Gasteiger partial charge in [0.25, 0.3) is 5.91 Å². The standard InChI is InChI=1S/C20H15Cl2N5O3/c1-29-12-7-13(30-2)17(22)15(16(12)21)10-3-4-11(19-18(10)24-5-6-25-19)20(28)27-14-8-23-9-26-14/h3-9H,1-2H3,(H,23,26)(H,27,28). The Labute approximate surface area is 181 Å². The third-order valence-corrected chi connectivity index (χ3v) is 5.21. The fraction of sp³-hybridized carbons (Fsp3) is 0.100. The van der Waals surface area contributed by atoms with Crippen molar-refractivity contribution in [1.29, 1.82) is 0 Å². The molecular weight excluding hydrogens is 429 g/mol. The number of nitrogens with one attached hydrogen (secondary N) is 2. The molecule has 0 atom stereocenters. The zero-order valence-corrected chi connectivity index (χ0v) is 17.4. The molecular formula is C20H15Cl2N5O3. The summed E-state index contributed by atoms with van der Waals surface area (Å²) in [6.45, 7) is 0. The van der Waals surface area contributed by atoms with E-state index in [1.807, 2.05) is 0 Å². The number of ether oxygens (including phenoxy) is 2. The molecule has 4 rings (SSSR count). The van der Waals surface area contributed by atoms with E-state index < -0.39 is 0 Å². The highest BCUT2D eigenvalue weighted by molar-refractivity contribution is 6.41. The summed E-state index contributed by atoms with van der Waals surface area (Å²) >= 11 is 13.1. The minimum atomic E-state index is -0.364. The number of rotatable bonds is 5. The highest BCUT2D eigenvalue weighted by Crippen LogP contribution is 2.47. The largest absolute Gasteiger partial charge is 0.495 e. The molecule has 8 nitrogen and oxygen atoms in total. The van der Waals surface area contributed by atoms with E-state index in [0.717, 1.165) is 0 Å². The summed E-state index contributed by atoms with van der Waals surface area (Å²) in [7, 11) is 3.00. The molecule has 0 aliphatic rings. The predicted octanol–water partition coefficient (Wildman–Crippen LogP) is 4.60. The van der Waals surface area contributed by atoms with Crippen LogP contribution in [0.1, 0.15) is 10.4 Å². The molecule has 2 heterocycles. The Bertz CT molecular complexity index is 1220. The Kier molecular flexibility index (Phi) is 5.43. The van der Waals surface area contributed by atoms with E-state index in [4.69, 9.17) is 32.7 Å². The second kappa shape index (κ2) is 8.17. The van der Waals surface area contributed by atoms with Gasteiger partial charge in [-0.2, -0.15) is 0 Å². The van der Waals surface area contributed by atoms with Crippen LogP contribution in [0.15, 0.2) is 43.1 Å². The molecule has 0 saturated carbocycles. The number of aromatic nitrogens is 4. The summed E-state index contributed by atoms with van der Waals surface area (Å²) in [5.41, 5.74) is 2.23. The number of nitrogens with zero attached hydrogens (tertiary/aromatic N) is 3. The number of carbonyl (C=O) groups is 1. The lowest BCUT2D eigenvalue weighted by Gasteiger charge is -2.16. The van der Waals surface area contributed by atoms with E-state index in [1.165, 1.54) is 39.1 Å². The lowest BCUT2D eigenvalue weighted by molar-refractivity contribution is 0.102. The molecule has 2 N–H and O–H groups in total. The smallest absolute Gasteiger partial charge is 0.259 e. The molecule has 0 bridgehead atoms. The fourth-order valence-corrected chi connectivity index (χ4v) is 3.78. The molecule has 2 aromatic heterocycles. The molecule has 0 unspecified atom stereocenters. The van der Waals surface area contributed by atoms with Gasteiger partial charge < -0.3 is 19.8 Å². The average molecular weight is 444 g/mol. The van der Waals surface area contributed by atoms with Gasteiger partial charge in [-0.25, -0.2) is 4.98 Å². The third-order valence-electron chi connectivity index (χ3n) is 4.46. The van der Waals surface area contributed by atoms with Crippen LogP contribution < -0.4 is 14.8 Å². The summed E-state index contributed by atoms with van der Waals surface area (Å²) in [5.74, 6) is 0.887. The second-order valence-electron chi connectivity index (χ2n) is 6.12. The van der Waals surface area contributed by atoms with Crippen molar-refractivity contribution < 1.29 is 14.3 Å². The van der Waals surface area contributed by atoms with Gasteiger partial charge in [-0.3, -0.25) is 14.8 Å². The van der Waals surface area contributed by atoms with Gasteiger partial charge in [-0.05, 0) is 6.07 Å². The molecule has 4 aromatic rings. The first-order valence-corrected chi connectivity index (χ1v) is 9.44. The summed E-state index contributed by atoms with van der Waals surface area (Å²) in [6, 6.07) is 4.95. The Morgan fingerprint density at radius 1 is 1.03 bits per heavy atom. The molecule has 1 amide bonds. The van der Waals surface area contributed by atoms with Crippen molar-refractivity contribution in [2.24, 2.45) is 0 Å². The Hall–Kier alpha value is -3.36. The van der Waals surface area contributed by atoms with Gasteiger partial charge in [0.1, 0.15) is 22.8 Å². The Morgan fingerprint density at radius 2 is 1.70 bits per heavy atom. The predicted molar refractivity (Wildman–Crippen MR) is 115 cm³/mol. The molecule has 0 radical (unpaired) electrons. The van der Waals surface area contributed by atoms with Crippen LogP contribution in [-0.4, -0.2) is 40.1 Å². The van der Waals surface area contributed by atoms with Crippen molar-refractivity contribution in [3.05, 3.63) is 58.7 Å². The molecule has 0 saturated heterocycles. The second-order valence-corrected chi connectivity index (χ2v) is 6.87.